The van der Waals surface area contributed by atoms with Gasteiger partial charge in [0.1, 0.15) is 16.5 Å². The Hall–Kier alpha value is -2.45. The van der Waals surface area contributed by atoms with Crippen molar-refractivity contribution in [2.75, 3.05) is 26.7 Å². The molecule has 168 valence electrons. The number of carbonyl (C=O) groups is 1. The van der Waals surface area contributed by atoms with E-state index < -0.39 is 10.0 Å². The van der Waals surface area contributed by atoms with Gasteiger partial charge >= 0.3 is 0 Å². The standard InChI is InChI=1S/C23H29FN2O4S/c1-4-25(5-2)31(28,29)22-16-18(11-12-21(22)30-3)23(27)26-13-7-10-20(26)15-17-8-6-9-19(24)14-17/h6,8-9,11-12,14,16,20H,4-5,7,10,13,15H2,1-3H3. The first kappa shape index (κ1) is 23.2. The molecule has 0 aliphatic carbocycles. The molecule has 31 heavy (non-hydrogen) atoms. The van der Waals surface area contributed by atoms with Gasteiger partial charge in [0.05, 0.1) is 7.11 Å². The Balaban J connectivity index is 1.90. The Kier molecular flexibility index (Phi) is 7.33. The SMILES string of the molecule is CCN(CC)S(=O)(=O)c1cc(C(=O)N2CCCC2Cc2cccc(F)c2)ccc1OC. The van der Waals surface area contributed by atoms with Crippen molar-refractivity contribution in [2.45, 2.75) is 44.0 Å². The molecule has 6 nitrogen and oxygen atoms in total. The molecule has 0 N–H and O–H groups in total. The van der Waals surface area contributed by atoms with Gasteiger partial charge in [0.2, 0.25) is 10.0 Å². The largest absolute Gasteiger partial charge is 0.495 e. The van der Waals surface area contributed by atoms with E-state index in [0.717, 1.165) is 18.4 Å². The summed E-state index contributed by atoms with van der Waals surface area (Å²) in [4.78, 5) is 15.1. The minimum atomic E-state index is -3.79. The summed E-state index contributed by atoms with van der Waals surface area (Å²) in [7, 11) is -2.38. The molecule has 0 saturated carbocycles. The minimum absolute atomic E-state index is 0.00886. The molecule has 1 aliphatic rings. The molecular formula is C23H29FN2O4S. The fraction of sp³-hybridized carbons (Fsp3) is 0.435. The van der Waals surface area contributed by atoms with Crippen LogP contribution < -0.4 is 4.74 Å². The number of ether oxygens (including phenoxy) is 1. The number of halogens is 1. The Morgan fingerprint density at radius 1 is 1.19 bits per heavy atom. The summed E-state index contributed by atoms with van der Waals surface area (Å²) in [6.07, 6.45) is 2.24. The van der Waals surface area contributed by atoms with Crippen molar-refractivity contribution in [3.05, 3.63) is 59.4 Å². The van der Waals surface area contributed by atoms with E-state index in [4.69, 9.17) is 4.74 Å². The van der Waals surface area contributed by atoms with Gasteiger partial charge in [-0.1, -0.05) is 26.0 Å². The number of hydrogen-bond donors (Lipinski definition) is 0. The van der Waals surface area contributed by atoms with Crippen LogP contribution in [0.3, 0.4) is 0 Å². The number of sulfonamides is 1. The van der Waals surface area contributed by atoms with E-state index in [1.165, 1.54) is 35.7 Å². The van der Waals surface area contributed by atoms with Crippen molar-refractivity contribution in [1.29, 1.82) is 0 Å². The molecule has 1 aliphatic heterocycles. The van der Waals surface area contributed by atoms with E-state index in [1.807, 2.05) is 6.07 Å². The van der Waals surface area contributed by atoms with Crippen LogP contribution in [0.25, 0.3) is 0 Å². The molecule has 1 saturated heterocycles. The molecular weight excluding hydrogens is 419 g/mol. The van der Waals surface area contributed by atoms with Crippen LogP contribution in [0.2, 0.25) is 0 Å². The first-order valence-corrected chi connectivity index (χ1v) is 12.0. The van der Waals surface area contributed by atoms with Gasteiger partial charge in [-0.2, -0.15) is 4.31 Å². The Labute approximate surface area is 183 Å². The number of amides is 1. The molecule has 0 radical (unpaired) electrons. The third kappa shape index (κ3) is 4.91. The van der Waals surface area contributed by atoms with E-state index >= 15 is 0 Å². The molecule has 8 heteroatoms. The maximum absolute atomic E-state index is 13.6. The zero-order valence-electron chi connectivity index (χ0n) is 18.2. The van der Waals surface area contributed by atoms with E-state index in [0.29, 0.717) is 31.6 Å². The van der Waals surface area contributed by atoms with Crippen LogP contribution in [0.1, 0.15) is 42.6 Å². The van der Waals surface area contributed by atoms with Gasteiger partial charge < -0.3 is 9.64 Å². The molecule has 0 bridgehead atoms. The summed E-state index contributed by atoms with van der Waals surface area (Å²) >= 11 is 0. The number of hydrogen-bond acceptors (Lipinski definition) is 4. The molecule has 0 spiro atoms. The highest BCUT2D eigenvalue weighted by atomic mass is 32.2. The summed E-state index contributed by atoms with van der Waals surface area (Å²) in [5, 5.41) is 0. The summed E-state index contributed by atoms with van der Waals surface area (Å²) in [6, 6.07) is 10.9. The lowest BCUT2D eigenvalue weighted by Gasteiger charge is -2.26. The van der Waals surface area contributed by atoms with Crippen molar-refractivity contribution in [1.82, 2.24) is 9.21 Å². The third-order valence-corrected chi connectivity index (χ3v) is 7.80. The second-order valence-electron chi connectivity index (χ2n) is 7.58. The van der Waals surface area contributed by atoms with Gasteiger partial charge in [0, 0.05) is 31.2 Å². The smallest absolute Gasteiger partial charge is 0.254 e. The summed E-state index contributed by atoms with van der Waals surface area (Å²) in [5.41, 5.74) is 1.14. The monoisotopic (exact) mass is 448 g/mol. The number of methoxy groups -OCH3 is 1. The van der Waals surface area contributed by atoms with Crippen molar-refractivity contribution in [3.8, 4) is 5.75 Å². The van der Waals surface area contributed by atoms with Crippen molar-refractivity contribution in [2.24, 2.45) is 0 Å². The van der Waals surface area contributed by atoms with Gasteiger partial charge in [-0.25, -0.2) is 12.8 Å². The maximum Gasteiger partial charge on any atom is 0.254 e. The maximum atomic E-state index is 13.6. The number of benzene rings is 2. The second-order valence-corrected chi connectivity index (χ2v) is 9.49. The van der Waals surface area contributed by atoms with Gasteiger partial charge in [-0.3, -0.25) is 4.79 Å². The van der Waals surface area contributed by atoms with E-state index in [1.54, 1.807) is 30.9 Å². The average Bonchev–Trinajstić information content (AvgIpc) is 3.21. The molecule has 1 heterocycles. The first-order chi connectivity index (χ1) is 14.8. The highest BCUT2D eigenvalue weighted by Crippen LogP contribution is 2.30. The third-order valence-electron chi connectivity index (χ3n) is 5.73. The lowest BCUT2D eigenvalue weighted by atomic mass is 10.0. The van der Waals surface area contributed by atoms with Gasteiger partial charge in [0.25, 0.3) is 5.91 Å². The van der Waals surface area contributed by atoms with Gasteiger partial charge in [-0.15, -0.1) is 0 Å². The zero-order valence-corrected chi connectivity index (χ0v) is 19.0. The summed E-state index contributed by atoms with van der Waals surface area (Å²) < 4.78 is 46.4. The Morgan fingerprint density at radius 3 is 2.58 bits per heavy atom. The van der Waals surface area contributed by atoms with Crippen molar-refractivity contribution < 1.29 is 22.3 Å². The van der Waals surface area contributed by atoms with Crippen LogP contribution in [0.15, 0.2) is 47.4 Å². The Bertz CT molecular complexity index is 1040. The zero-order chi connectivity index (χ0) is 22.6. The van der Waals surface area contributed by atoms with Crippen molar-refractivity contribution >= 4 is 15.9 Å². The number of rotatable bonds is 8. The second kappa shape index (κ2) is 9.78. The van der Waals surface area contributed by atoms with E-state index in [-0.39, 0.29) is 28.4 Å². The molecule has 1 atom stereocenters. The van der Waals surface area contributed by atoms with Crippen LogP contribution in [-0.2, 0) is 16.4 Å². The highest BCUT2D eigenvalue weighted by Gasteiger charge is 2.32. The summed E-state index contributed by atoms with van der Waals surface area (Å²) in [5.74, 6) is -0.312. The summed E-state index contributed by atoms with van der Waals surface area (Å²) in [6.45, 7) is 4.76. The topological polar surface area (TPSA) is 66.9 Å². The predicted molar refractivity (Wildman–Crippen MR) is 117 cm³/mol. The molecule has 1 unspecified atom stereocenters. The van der Waals surface area contributed by atoms with Crippen LogP contribution in [-0.4, -0.2) is 56.3 Å². The van der Waals surface area contributed by atoms with Crippen LogP contribution in [0.5, 0.6) is 5.75 Å². The highest BCUT2D eigenvalue weighted by molar-refractivity contribution is 7.89. The number of likely N-dealkylation sites (tertiary alicyclic amines) is 1. The molecule has 2 aromatic carbocycles. The molecule has 0 aromatic heterocycles. The molecule has 2 aromatic rings. The number of carbonyl (C=O) groups excluding carboxylic acids is 1. The number of nitrogens with zero attached hydrogens (tertiary/aromatic N) is 2. The quantitative estimate of drug-likeness (QED) is 0.618. The first-order valence-electron chi connectivity index (χ1n) is 10.5. The fourth-order valence-corrected chi connectivity index (χ4v) is 5.77. The average molecular weight is 449 g/mol. The van der Waals surface area contributed by atoms with Crippen LogP contribution in [0, 0.1) is 5.82 Å². The lowest BCUT2D eigenvalue weighted by Crippen LogP contribution is -2.37. The van der Waals surface area contributed by atoms with Gasteiger partial charge in [-0.05, 0) is 55.2 Å². The van der Waals surface area contributed by atoms with Crippen molar-refractivity contribution in [3.63, 3.8) is 0 Å². The Morgan fingerprint density at radius 2 is 1.94 bits per heavy atom. The van der Waals surface area contributed by atoms with E-state index in [2.05, 4.69) is 0 Å². The van der Waals surface area contributed by atoms with Crippen LogP contribution in [0.4, 0.5) is 4.39 Å². The van der Waals surface area contributed by atoms with Crippen LogP contribution >= 0.6 is 0 Å². The van der Waals surface area contributed by atoms with Gasteiger partial charge in [0.15, 0.2) is 0 Å². The van der Waals surface area contributed by atoms with E-state index in [9.17, 15) is 17.6 Å². The predicted octanol–water partition coefficient (Wildman–Crippen LogP) is 3.71. The lowest BCUT2D eigenvalue weighted by molar-refractivity contribution is 0.0736. The minimum Gasteiger partial charge on any atom is -0.495 e. The fourth-order valence-electron chi connectivity index (χ4n) is 4.13. The molecule has 3 rings (SSSR count). The molecule has 1 amide bonds. The molecule has 1 fully saturated rings. The normalized spacial score (nSPS) is 16.7.